The van der Waals surface area contributed by atoms with Gasteiger partial charge in [0.1, 0.15) is 0 Å². The lowest BCUT2D eigenvalue weighted by Gasteiger charge is -1.96. The second kappa shape index (κ2) is 5.24. The van der Waals surface area contributed by atoms with Crippen LogP contribution in [0.2, 0.25) is 0 Å². The average Bonchev–Trinajstić information content (AvgIpc) is 1.91. The minimum absolute atomic E-state index is 0.567. The normalized spacial score (nSPS) is 11.4. The molecule has 0 unspecified atom stereocenters. The van der Waals surface area contributed by atoms with Crippen LogP contribution in [0.3, 0.4) is 0 Å². The van der Waals surface area contributed by atoms with Gasteiger partial charge in [0.05, 0.1) is 5.71 Å². The van der Waals surface area contributed by atoms with Crippen LogP contribution in [-0.4, -0.2) is 25.0 Å². The van der Waals surface area contributed by atoms with E-state index in [2.05, 4.69) is 10.4 Å². The summed E-state index contributed by atoms with van der Waals surface area (Å²) < 4.78 is 0. The van der Waals surface area contributed by atoms with E-state index >= 15 is 0 Å². The van der Waals surface area contributed by atoms with E-state index in [0.29, 0.717) is 12.3 Å². The zero-order valence-corrected chi connectivity index (χ0v) is 5.52. The van der Waals surface area contributed by atoms with Crippen LogP contribution >= 0.6 is 0 Å². The highest BCUT2D eigenvalue weighted by Gasteiger charge is 1.89. The molecule has 0 aromatic rings. The van der Waals surface area contributed by atoms with Gasteiger partial charge in [0.25, 0.3) is 0 Å². The van der Waals surface area contributed by atoms with E-state index in [1.807, 2.05) is 6.92 Å². The van der Waals surface area contributed by atoms with Crippen molar-refractivity contribution < 1.29 is 0 Å². The Hall–Kier alpha value is -0.900. The third kappa shape index (κ3) is 3.66. The molecule has 0 aliphatic carbocycles. The summed E-state index contributed by atoms with van der Waals surface area (Å²) in [6.07, 6.45) is 1.14. The van der Waals surface area contributed by atoms with E-state index in [4.69, 9.17) is 11.3 Å². The summed E-state index contributed by atoms with van der Waals surface area (Å²) in [5, 5.41) is 13.1. The molecular weight excluding hydrogens is 116 g/mol. The molecule has 0 saturated heterocycles. The molecule has 52 valence electrons. The first kappa shape index (κ1) is 8.10. The standard InChI is InChI=1S/C5H12N4/c1-2-8-4-5(3-6)9-7/h3,6,8H,2,4,7H2,1H3/b6-3?,9-5+. The van der Waals surface area contributed by atoms with Crippen molar-refractivity contribution in [1.82, 2.24) is 5.32 Å². The van der Waals surface area contributed by atoms with Gasteiger partial charge in [0.2, 0.25) is 0 Å². The number of hydrogen-bond acceptors (Lipinski definition) is 4. The van der Waals surface area contributed by atoms with E-state index in [9.17, 15) is 0 Å². The molecule has 0 bridgehead atoms. The van der Waals surface area contributed by atoms with Gasteiger partial charge in [-0.2, -0.15) is 5.10 Å². The van der Waals surface area contributed by atoms with Gasteiger partial charge in [-0.25, -0.2) is 0 Å². The van der Waals surface area contributed by atoms with Gasteiger partial charge in [0.15, 0.2) is 0 Å². The van der Waals surface area contributed by atoms with Gasteiger partial charge in [-0.1, -0.05) is 6.92 Å². The maximum Gasteiger partial charge on any atom is 0.0913 e. The Morgan fingerprint density at radius 1 is 1.89 bits per heavy atom. The highest BCUT2D eigenvalue weighted by molar-refractivity contribution is 6.30. The Morgan fingerprint density at radius 2 is 2.56 bits per heavy atom. The molecular formula is C5H12N4. The van der Waals surface area contributed by atoms with Crippen LogP contribution < -0.4 is 11.2 Å². The van der Waals surface area contributed by atoms with Crippen molar-refractivity contribution in [1.29, 1.82) is 5.41 Å². The molecule has 4 heteroatoms. The summed E-state index contributed by atoms with van der Waals surface area (Å²) in [4.78, 5) is 0. The van der Waals surface area contributed by atoms with Crippen molar-refractivity contribution in [3.63, 3.8) is 0 Å². The molecule has 0 aliphatic heterocycles. The molecule has 0 rings (SSSR count). The lowest BCUT2D eigenvalue weighted by atomic mass is 10.4. The summed E-state index contributed by atoms with van der Waals surface area (Å²) in [6.45, 7) is 3.43. The second-order valence-corrected chi connectivity index (χ2v) is 1.55. The van der Waals surface area contributed by atoms with Crippen molar-refractivity contribution in [2.45, 2.75) is 6.92 Å². The molecule has 4 nitrogen and oxygen atoms in total. The van der Waals surface area contributed by atoms with Crippen molar-refractivity contribution in [3.05, 3.63) is 0 Å². The average molecular weight is 128 g/mol. The Bertz CT molecular complexity index is 108. The minimum atomic E-state index is 0.567. The first-order chi connectivity index (χ1) is 4.35. The van der Waals surface area contributed by atoms with Gasteiger partial charge >= 0.3 is 0 Å². The van der Waals surface area contributed by atoms with Crippen molar-refractivity contribution in [2.24, 2.45) is 10.9 Å². The van der Waals surface area contributed by atoms with E-state index in [1.165, 1.54) is 0 Å². The number of nitrogens with two attached hydrogens (primary N) is 1. The summed E-state index contributed by atoms with van der Waals surface area (Å²) in [6, 6.07) is 0. The highest BCUT2D eigenvalue weighted by atomic mass is 15.1. The largest absolute Gasteiger partial charge is 0.323 e. The fourth-order valence-corrected chi connectivity index (χ4v) is 0.387. The third-order valence-electron chi connectivity index (χ3n) is 0.889. The topological polar surface area (TPSA) is 74.3 Å². The van der Waals surface area contributed by atoms with Crippen LogP contribution in [0.5, 0.6) is 0 Å². The maximum absolute atomic E-state index is 6.76. The molecule has 0 fully saturated rings. The van der Waals surface area contributed by atoms with Crippen molar-refractivity contribution >= 4 is 11.9 Å². The van der Waals surface area contributed by atoms with Gasteiger partial charge in [-0.3, -0.25) is 0 Å². The van der Waals surface area contributed by atoms with E-state index in [1.54, 1.807) is 0 Å². The quantitative estimate of drug-likeness (QED) is 0.273. The molecule has 0 aromatic heterocycles. The molecule has 0 aromatic carbocycles. The molecule has 0 amide bonds. The molecule has 0 heterocycles. The predicted octanol–water partition coefficient (Wildman–Crippen LogP) is -0.440. The Morgan fingerprint density at radius 3 is 2.89 bits per heavy atom. The van der Waals surface area contributed by atoms with Gasteiger partial charge in [0, 0.05) is 12.8 Å². The van der Waals surface area contributed by atoms with Crippen molar-refractivity contribution in [2.75, 3.05) is 13.1 Å². The summed E-state index contributed by atoms with van der Waals surface area (Å²) >= 11 is 0. The molecule has 0 radical (unpaired) electrons. The first-order valence-electron chi connectivity index (χ1n) is 2.83. The minimum Gasteiger partial charge on any atom is -0.323 e. The molecule has 0 atom stereocenters. The van der Waals surface area contributed by atoms with Crippen molar-refractivity contribution in [3.8, 4) is 0 Å². The Kier molecular flexibility index (Phi) is 4.72. The zero-order chi connectivity index (χ0) is 7.11. The van der Waals surface area contributed by atoms with E-state index < -0.39 is 0 Å². The summed E-state index contributed by atoms with van der Waals surface area (Å²) in [5.74, 6) is 4.92. The fourth-order valence-electron chi connectivity index (χ4n) is 0.387. The van der Waals surface area contributed by atoms with Crippen LogP contribution in [0.4, 0.5) is 0 Å². The second-order valence-electron chi connectivity index (χ2n) is 1.55. The summed E-state index contributed by atoms with van der Waals surface area (Å²) in [5.41, 5.74) is 0.567. The van der Waals surface area contributed by atoms with Crippen LogP contribution in [0.1, 0.15) is 6.92 Å². The van der Waals surface area contributed by atoms with Crippen LogP contribution in [0.15, 0.2) is 5.10 Å². The molecule has 9 heavy (non-hydrogen) atoms. The number of nitrogens with one attached hydrogen (secondary N) is 2. The Balaban J connectivity index is 3.45. The Labute approximate surface area is 54.6 Å². The number of nitrogens with zero attached hydrogens (tertiary/aromatic N) is 1. The molecule has 4 N–H and O–H groups in total. The zero-order valence-electron chi connectivity index (χ0n) is 5.52. The van der Waals surface area contributed by atoms with Crippen LogP contribution in [0, 0.1) is 5.41 Å². The summed E-state index contributed by atoms with van der Waals surface area (Å²) in [7, 11) is 0. The number of rotatable bonds is 4. The maximum atomic E-state index is 6.76. The lowest BCUT2D eigenvalue weighted by molar-refractivity contribution is 0.818. The lowest BCUT2D eigenvalue weighted by Crippen LogP contribution is -2.24. The SMILES string of the molecule is CCNC/C(C=N)=N/N. The highest BCUT2D eigenvalue weighted by Crippen LogP contribution is 1.65. The van der Waals surface area contributed by atoms with Crippen LogP contribution in [-0.2, 0) is 0 Å². The van der Waals surface area contributed by atoms with Crippen LogP contribution in [0.25, 0.3) is 0 Å². The molecule has 0 aliphatic rings. The van der Waals surface area contributed by atoms with E-state index in [-0.39, 0.29) is 0 Å². The third-order valence-corrected chi connectivity index (χ3v) is 0.889. The van der Waals surface area contributed by atoms with Gasteiger partial charge in [-0.15, -0.1) is 0 Å². The smallest absolute Gasteiger partial charge is 0.0913 e. The molecule has 0 saturated carbocycles. The van der Waals surface area contributed by atoms with Gasteiger partial charge in [-0.05, 0) is 6.54 Å². The fraction of sp³-hybridized carbons (Fsp3) is 0.600. The predicted molar refractivity (Wildman–Crippen MR) is 38.9 cm³/mol. The number of hydrogen-bond donors (Lipinski definition) is 3. The monoisotopic (exact) mass is 128 g/mol. The first-order valence-corrected chi connectivity index (χ1v) is 2.83. The molecule has 0 spiro atoms. The number of hydrazone groups is 1. The van der Waals surface area contributed by atoms with E-state index in [0.717, 1.165) is 12.8 Å². The van der Waals surface area contributed by atoms with Gasteiger partial charge < -0.3 is 16.6 Å².